The minimum atomic E-state index is -0.174. The summed E-state index contributed by atoms with van der Waals surface area (Å²) in [6, 6.07) is 5.71. The van der Waals surface area contributed by atoms with E-state index in [1.165, 1.54) is 0 Å². The molecule has 0 N–H and O–H groups in total. The van der Waals surface area contributed by atoms with Gasteiger partial charge in [-0.05, 0) is 26.0 Å². The van der Waals surface area contributed by atoms with Crippen molar-refractivity contribution >= 4 is 5.90 Å². The number of hydrogen-bond donors (Lipinski definition) is 0. The van der Waals surface area contributed by atoms with Gasteiger partial charge in [0, 0.05) is 6.20 Å². The summed E-state index contributed by atoms with van der Waals surface area (Å²) in [5.74, 6) is 0.658. The van der Waals surface area contributed by atoms with E-state index in [0.29, 0.717) is 12.4 Å². The Bertz CT molecular complexity index is 330. The number of pyridine rings is 1. The molecule has 1 aromatic heterocycles. The molecule has 1 aliphatic heterocycles. The number of aromatic nitrogens is 1. The van der Waals surface area contributed by atoms with Gasteiger partial charge in [-0.3, -0.25) is 4.98 Å². The van der Waals surface area contributed by atoms with Crippen LogP contribution in [-0.4, -0.2) is 23.0 Å². The van der Waals surface area contributed by atoms with Gasteiger partial charge in [-0.1, -0.05) is 6.07 Å². The summed E-state index contributed by atoms with van der Waals surface area (Å²) in [6.45, 7) is 4.75. The van der Waals surface area contributed by atoms with E-state index in [-0.39, 0.29) is 5.60 Å². The zero-order valence-electron chi connectivity index (χ0n) is 7.82. The molecule has 0 aromatic carbocycles. The van der Waals surface area contributed by atoms with E-state index in [1.54, 1.807) is 6.20 Å². The van der Waals surface area contributed by atoms with Crippen LogP contribution < -0.4 is 0 Å². The van der Waals surface area contributed by atoms with Gasteiger partial charge in [0.25, 0.3) is 0 Å². The standard InChI is InChI=1S/C10H12N2O/c1-10(2)7-12-9(13-10)8-5-3-4-6-11-8/h3-6H,7H2,1-2H3. The van der Waals surface area contributed by atoms with Crippen LogP contribution in [0, 0.1) is 0 Å². The summed E-state index contributed by atoms with van der Waals surface area (Å²) >= 11 is 0. The summed E-state index contributed by atoms with van der Waals surface area (Å²) in [5, 5.41) is 0. The van der Waals surface area contributed by atoms with Crippen LogP contribution in [-0.2, 0) is 4.74 Å². The van der Waals surface area contributed by atoms with Gasteiger partial charge in [-0.15, -0.1) is 0 Å². The molecule has 1 aliphatic rings. The highest BCUT2D eigenvalue weighted by atomic mass is 16.5. The van der Waals surface area contributed by atoms with E-state index in [9.17, 15) is 0 Å². The minimum Gasteiger partial charge on any atom is -0.468 e. The maximum atomic E-state index is 5.62. The second-order valence-corrected chi connectivity index (χ2v) is 3.70. The molecule has 0 saturated heterocycles. The van der Waals surface area contributed by atoms with E-state index in [2.05, 4.69) is 9.98 Å². The van der Waals surface area contributed by atoms with Gasteiger partial charge >= 0.3 is 0 Å². The van der Waals surface area contributed by atoms with Crippen molar-refractivity contribution < 1.29 is 4.74 Å². The zero-order chi connectivity index (χ0) is 9.31. The molecular formula is C10H12N2O. The first-order valence-corrected chi connectivity index (χ1v) is 4.32. The lowest BCUT2D eigenvalue weighted by molar-refractivity contribution is 0.131. The summed E-state index contributed by atoms with van der Waals surface area (Å²) < 4.78 is 5.62. The third-order valence-corrected chi connectivity index (χ3v) is 1.86. The van der Waals surface area contributed by atoms with Crippen LogP contribution in [0.4, 0.5) is 0 Å². The molecule has 2 rings (SSSR count). The predicted octanol–water partition coefficient (Wildman–Crippen LogP) is 1.64. The molecule has 13 heavy (non-hydrogen) atoms. The van der Waals surface area contributed by atoms with Gasteiger partial charge in [-0.2, -0.15) is 0 Å². The number of aliphatic imine (C=N–C) groups is 1. The van der Waals surface area contributed by atoms with Crippen LogP contribution in [0.3, 0.4) is 0 Å². The van der Waals surface area contributed by atoms with Gasteiger partial charge in [0.15, 0.2) is 0 Å². The van der Waals surface area contributed by atoms with Gasteiger partial charge in [-0.25, -0.2) is 4.99 Å². The van der Waals surface area contributed by atoms with E-state index < -0.39 is 0 Å². The summed E-state index contributed by atoms with van der Waals surface area (Å²) in [4.78, 5) is 8.46. The van der Waals surface area contributed by atoms with Crippen molar-refractivity contribution in [3.05, 3.63) is 30.1 Å². The van der Waals surface area contributed by atoms with E-state index in [1.807, 2.05) is 32.0 Å². The normalized spacial score (nSPS) is 19.4. The highest BCUT2D eigenvalue weighted by molar-refractivity contribution is 5.93. The smallest absolute Gasteiger partial charge is 0.236 e. The van der Waals surface area contributed by atoms with Gasteiger partial charge in [0.05, 0.1) is 6.54 Å². The van der Waals surface area contributed by atoms with Crippen LogP contribution in [0.1, 0.15) is 19.5 Å². The zero-order valence-corrected chi connectivity index (χ0v) is 7.82. The molecule has 3 heteroatoms. The monoisotopic (exact) mass is 176 g/mol. The first-order chi connectivity index (χ1) is 6.17. The molecule has 1 aromatic rings. The Morgan fingerprint density at radius 3 is 2.77 bits per heavy atom. The Morgan fingerprint density at radius 1 is 1.38 bits per heavy atom. The van der Waals surface area contributed by atoms with Crippen molar-refractivity contribution in [1.29, 1.82) is 0 Å². The molecule has 2 heterocycles. The van der Waals surface area contributed by atoms with Crippen molar-refractivity contribution in [1.82, 2.24) is 4.98 Å². The Balaban J connectivity index is 2.22. The lowest BCUT2D eigenvalue weighted by atomic mass is 10.1. The first-order valence-electron chi connectivity index (χ1n) is 4.32. The summed E-state index contributed by atoms with van der Waals surface area (Å²) in [7, 11) is 0. The molecule has 0 bridgehead atoms. The van der Waals surface area contributed by atoms with Gasteiger partial charge < -0.3 is 4.74 Å². The molecule has 0 unspecified atom stereocenters. The largest absolute Gasteiger partial charge is 0.468 e. The van der Waals surface area contributed by atoms with Crippen LogP contribution >= 0.6 is 0 Å². The SMILES string of the molecule is CC1(C)CN=C(c2ccccn2)O1. The topological polar surface area (TPSA) is 34.5 Å². The average Bonchev–Trinajstić information content (AvgIpc) is 2.48. The minimum absolute atomic E-state index is 0.174. The molecule has 0 saturated carbocycles. The molecule has 3 nitrogen and oxygen atoms in total. The summed E-state index contributed by atoms with van der Waals surface area (Å²) in [5.41, 5.74) is 0.639. The van der Waals surface area contributed by atoms with E-state index >= 15 is 0 Å². The van der Waals surface area contributed by atoms with Crippen molar-refractivity contribution in [2.75, 3.05) is 6.54 Å². The van der Waals surface area contributed by atoms with Crippen LogP contribution in [0.25, 0.3) is 0 Å². The lowest BCUT2D eigenvalue weighted by Gasteiger charge is -2.16. The molecular weight excluding hydrogens is 164 g/mol. The van der Waals surface area contributed by atoms with Crippen LogP contribution in [0.15, 0.2) is 29.4 Å². The maximum absolute atomic E-state index is 5.62. The van der Waals surface area contributed by atoms with Crippen LogP contribution in [0.2, 0.25) is 0 Å². The molecule has 0 atom stereocenters. The quantitative estimate of drug-likeness (QED) is 0.651. The van der Waals surface area contributed by atoms with Crippen molar-refractivity contribution in [2.45, 2.75) is 19.4 Å². The summed E-state index contributed by atoms with van der Waals surface area (Å²) in [6.07, 6.45) is 1.74. The van der Waals surface area contributed by atoms with E-state index in [4.69, 9.17) is 4.74 Å². The van der Waals surface area contributed by atoms with Gasteiger partial charge in [0.1, 0.15) is 11.3 Å². The lowest BCUT2D eigenvalue weighted by Crippen LogP contribution is -2.24. The highest BCUT2D eigenvalue weighted by Gasteiger charge is 2.28. The second kappa shape index (κ2) is 2.83. The fourth-order valence-electron chi connectivity index (χ4n) is 1.21. The highest BCUT2D eigenvalue weighted by Crippen LogP contribution is 2.19. The number of nitrogens with zero attached hydrogens (tertiary/aromatic N) is 2. The van der Waals surface area contributed by atoms with E-state index in [0.717, 1.165) is 5.69 Å². The van der Waals surface area contributed by atoms with Crippen molar-refractivity contribution in [3.63, 3.8) is 0 Å². The molecule has 0 aliphatic carbocycles. The third kappa shape index (κ3) is 1.69. The van der Waals surface area contributed by atoms with Crippen LogP contribution in [0.5, 0.6) is 0 Å². The maximum Gasteiger partial charge on any atom is 0.236 e. The first kappa shape index (κ1) is 8.23. The Labute approximate surface area is 77.5 Å². The van der Waals surface area contributed by atoms with Crippen molar-refractivity contribution in [3.8, 4) is 0 Å². The Hall–Kier alpha value is -1.38. The average molecular weight is 176 g/mol. The molecule has 0 fully saturated rings. The molecule has 0 spiro atoms. The Kier molecular flexibility index (Phi) is 1.79. The Morgan fingerprint density at radius 2 is 2.23 bits per heavy atom. The fourth-order valence-corrected chi connectivity index (χ4v) is 1.21. The third-order valence-electron chi connectivity index (χ3n) is 1.86. The van der Waals surface area contributed by atoms with Crippen molar-refractivity contribution in [2.24, 2.45) is 4.99 Å². The molecule has 68 valence electrons. The second-order valence-electron chi connectivity index (χ2n) is 3.70. The molecule has 0 amide bonds. The number of hydrogen-bond acceptors (Lipinski definition) is 3. The fraction of sp³-hybridized carbons (Fsp3) is 0.400. The number of ether oxygens (including phenoxy) is 1. The number of rotatable bonds is 1. The van der Waals surface area contributed by atoms with Gasteiger partial charge in [0.2, 0.25) is 5.90 Å². The molecule has 0 radical (unpaired) electrons. The predicted molar refractivity (Wildman–Crippen MR) is 50.8 cm³/mol.